The first kappa shape index (κ1) is 10.9. The van der Waals surface area contributed by atoms with Gasteiger partial charge in [-0.25, -0.2) is 0 Å². The lowest BCUT2D eigenvalue weighted by molar-refractivity contribution is 0.885. The first-order valence-corrected chi connectivity index (χ1v) is 5.25. The van der Waals surface area contributed by atoms with Crippen molar-refractivity contribution in [3.05, 3.63) is 34.9 Å². The number of nitrogens with zero attached hydrogens (tertiary/aromatic N) is 2. The average Bonchev–Trinajstić information content (AvgIpc) is 2.23. The molecular weight excluding hydrogens is 172 g/mol. The van der Waals surface area contributed by atoms with E-state index in [1.807, 2.05) is 27.7 Å². The molecule has 2 heteroatoms. The average molecular weight is 190 g/mol. The maximum absolute atomic E-state index is 4.50. The van der Waals surface area contributed by atoms with E-state index in [2.05, 4.69) is 22.1 Å². The third-order valence-electron chi connectivity index (χ3n) is 2.25. The van der Waals surface area contributed by atoms with Gasteiger partial charge in [0.15, 0.2) is 0 Å². The van der Waals surface area contributed by atoms with Gasteiger partial charge >= 0.3 is 0 Å². The van der Waals surface area contributed by atoms with Crippen LogP contribution < -0.4 is 0 Å². The fraction of sp³-hybridized carbons (Fsp3) is 0.500. The number of fused-ring (bicyclic) bond motifs is 1. The molecule has 0 saturated heterocycles. The molecule has 1 aliphatic carbocycles. The highest BCUT2D eigenvalue weighted by Crippen LogP contribution is 2.13. The van der Waals surface area contributed by atoms with E-state index in [4.69, 9.17) is 0 Å². The first-order chi connectivity index (χ1) is 6.77. The summed E-state index contributed by atoms with van der Waals surface area (Å²) in [5, 5.41) is 0. The maximum atomic E-state index is 4.50. The molecule has 0 aliphatic heterocycles. The lowest BCUT2D eigenvalue weighted by atomic mass is 10.1. The zero-order valence-corrected chi connectivity index (χ0v) is 9.46. The third kappa shape index (κ3) is 2.19. The van der Waals surface area contributed by atoms with Crippen LogP contribution in [0.5, 0.6) is 0 Å². The van der Waals surface area contributed by atoms with Crippen molar-refractivity contribution >= 4 is 0 Å². The Balaban J connectivity index is 0.000000461. The van der Waals surface area contributed by atoms with E-state index in [0.29, 0.717) is 0 Å². The third-order valence-corrected chi connectivity index (χ3v) is 2.25. The van der Waals surface area contributed by atoms with Crippen LogP contribution in [0.15, 0.2) is 12.2 Å². The van der Waals surface area contributed by atoms with Crippen LogP contribution in [-0.4, -0.2) is 9.97 Å². The van der Waals surface area contributed by atoms with Crippen molar-refractivity contribution < 1.29 is 0 Å². The maximum Gasteiger partial charge on any atom is 0.0663 e. The van der Waals surface area contributed by atoms with E-state index in [-0.39, 0.29) is 0 Å². The van der Waals surface area contributed by atoms with Gasteiger partial charge in [-0.2, -0.15) is 0 Å². The summed E-state index contributed by atoms with van der Waals surface area (Å²) in [5.74, 6) is 0. The Kier molecular flexibility index (Phi) is 3.81. The molecule has 14 heavy (non-hydrogen) atoms. The minimum Gasteiger partial charge on any atom is -0.254 e. The van der Waals surface area contributed by atoms with Gasteiger partial charge in [0.2, 0.25) is 0 Å². The van der Waals surface area contributed by atoms with E-state index < -0.39 is 0 Å². The summed E-state index contributed by atoms with van der Waals surface area (Å²) in [6.07, 6.45) is 6.21. The molecule has 0 aromatic carbocycles. The second kappa shape index (κ2) is 4.89. The molecule has 1 heterocycles. The molecular formula is C12H18N2. The predicted octanol–water partition coefficient (Wildman–Crippen LogP) is 2.77. The molecule has 2 nitrogen and oxygen atoms in total. The van der Waals surface area contributed by atoms with Crippen LogP contribution in [0.4, 0.5) is 0 Å². The monoisotopic (exact) mass is 190 g/mol. The Hall–Kier alpha value is -1.18. The zero-order valence-electron chi connectivity index (χ0n) is 9.46. The number of allylic oxidation sites excluding steroid dienone is 2. The molecule has 0 saturated carbocycles. The zero-order chi connectivity index (χ0) is 10.6. The van der Waals surface area contributed by atoms with Crippen LogP contribution in [0.25, 0.3) is 0 Å². The van der Waals surface area contributed by atoms with E-state index >= 15 is 0 Å². The molecule has 1 aliphatic rings. The summed E-state index contributed by atoms with van der Waals surface area (Å²) in [4.78, 5) is 9.00. The number of aromatic nitrogens is 2. The van der Waals surface area contributed by atoms with Crippen molar-refractivity contribution in [2.45, 2.75) is 40.5 Å². The fourth-order valence-electron chi connectivity index (χ4n) is 1.41. The highest BCUT2D eigenvalue weighted by molar-refractivity contribution is 5.25. The van der Waals surface area contributed by atoms with Gasteiger partial charge in [-0.05, 0) is 13.8 Å². The molecule has 1 aromatic rings. The van der Waals surface area contributed by atoms with E-state index in [1.165, 1.54) is 0 Å². The normalized spacial score (nSPS) is 12.9. The molecule has 0 bridgehead atoms. The van der Waals surface area contributed by atoms with Gasteiger partial charge in [0.1, 0.15) is 0 Å². The van der Waals surface area contributed by atoms with Crippen LogP contribution in [0.2, 0.25) is 0 Å². The van der Waals surface area contributed by atoms with Crippen molar-refractivity contribution in [1.82, 2.24) is 9.97 Å². The summed E-state index contributed by atoms with van der Waals surface area (Å²) in [6.45, 7) is 8.03. The van der Waals surface area contributed by atoms with Gasteiger partial charge in [-0.15, -0.1) is 0 Å². The summed E-state index contributed by atoms with van der Waals surface area (Å²) in [5.41, 5.74) is 4.43. The van der Waals surface area contributed by atoms with Crippen LogP contribution in [0, 0.1) is 13.8 Å². The van der Waals surface area contributed by atoms with Gasteiger partial charge in [0.25, 0.3) is 0 Å². The molecule has 0 spiro atoms. The summed E-state index contributed by atoms with van der Waals surface area (Å²) < 4.78 is 0. The molecule has 76 valence electrons. The molecule has 0 unspecified atom stereocenters. The van der Waals surface area contributed by atoms with E-state index in [9.17, 15) is 0 Å². The molecule has 0 radical (unpaired) electrons. The number of hydrogen-bond acceptors (Lipinski definition) is 2. The van der Waals surface area contributed by atoms with E-state index in [1.54, 1.807) is 0 Å². The summed E-state index contributed by atoms with van der Waals surface area (Å²) in [6, 6.07) is 0. The summed E-state index contributed by atoms with van der Waals surface area (Å²) in [7, 11) is 0. The fourth-order valence-corrected chi connectivity index (χ4v) is 1.41. The van der Waals surface area contributed by atoms with Crippen molar-refractivity contribution in [3.63, 3.8) is 0 Å². The molecule has 2 rings (SSSR count). The molecule has 1 aromatic heterocycles. The van der Waals surface area contributed by atoms with Gasteiger partial charge in [-0.3, -0.25) is 9.97 Å². The minimum absolute atomic E-state index is 0.948. The lowest BCUT2D eigenvalue weighted by Gasteiger charge is -2.10. The molecule has 0 amide bonds. The van der Waals surface area contributed by atoms with Crippen molar-refractivity contribution in [3.8, 4) is 0 Å². The van der Waals surface area contributed by atoms with Crippen molar-refractivity contribution in [1.29, 1.82) is 0 Å². The Labute approximate surface area is 86.1 Å². The van der Waals surface area contributed by atoms with E-state index in [0.717, 1.165) is 35.6 Å². The highest BCUT2D eigenvalue weighted by Gasteiger charge is 2.09. The smallest absolute Gasteiger partial charge is 0.0663 e. The molecule has 0 atom stereocenters. The van der Waals surface area contributed by atoms with Gasteiger partial charge < -0.3 is 0 Å². The Bertz CT molecular complexity index is 307. The number of hydrogen-bond donors (Lipinski definition) is 0. The minimum atomic E-state index is 0.948. The first-order valence-electron chi connectivity index (χ1n) is 5.25. The SMILES string of the molecule is CC.Cc1nc2c(nc1C)CC=CC2. The van der Waals surface area contributed by atoms with Gasteiger partial charge in [0.05, 0.1) is 22.8 Å². The predicted molar refractivity (Wildman–Crippen MR) is 59.4 cm³/mol. The van der Waals surface area contributed by atoms with Crippen LogP contribution >= 0.6 is 0 Å². The van der Waals surface area contributed by atoms with Crippen molar-refractivity contribution in [2.24, 2.45) is 0 Å². The molecule has 0 N–H and O–H groups in total. The topological polar surface area (TPSA) is 25.8 Å². The van der Waals surface area contributed by atoms with Crippen LogP contribution in [0.3, 0.4) is 0 Å². The largest absolute Gasteiger partial charge is 0.254 e. The highest BCUT2D eigenvalue weighted by atomic mass is 14.8. The van der Waals surface area contributed by atoms with Crippen LogP contribution in [0.1, 0.15) is 36.6 Å². The Morgan fingerprint density at radius 2 is 1.21 bits per heavy atom. The Morgan fingerprint density at radius 1 is 0.857 bits per heavy atom. The molecule has 0 fully saturated rings. The van der Waals surface area contributed by atoms with Gasteiger partial charge in [-0.1, -0.05) is 26.0 Å². The number of aryl methyl sites for hydroxylation is 2. The second-order valence-corrected chi connectivity index (χ2v) is 3.17. The van der Waals surface area contributed by atoms with Crippen molar-refractivity contribution in [2.75, 3.05) is 0 Å². The quantitative estimate of drug-likeness (QED) is 0.588. The second-order valence-electron chi connectivity index (χ2n) is 3.17. The Morgan fingerprint density at radius 3 is 1.57 bits per heavy atom. The standard InChI is InChI=1S/C10H12N2.C2H6/c1-7-8(2)12-10-6-4-3-5-9(10)11-7;1-2/h3-4H,5-6H2,1-2H3;1-2H3. The van der Waals surface area contributed by atoms with Crippen LogP contribution in [-0.2, 0) is 12.8 Å². The van der Waals surface area contributed by atoms with Gasteiger partial charge in [0, 0.05) is 12.8 Å². The number of rotatable bonds is 0. The lowest BCUT2D eigenvalue weighted by Crippen LogP contribution is -2.07. The summed E-state index contributed by atoms with van der Waals surface area (Å²) >= 11 is 0.